The lowest BCUT2D eigenvalue weighted by atomic mass is 10.1. The Morgan fingerprint density at radius 3 is 2.21 bits per heavy atom. The summed E-state index contributed by atoms with van der Waals surface area (Å²) in [6, 6.07) is 14.9. The van der Waals surface area contributed by atoms with Crippen molar-refractivity contribution in [2.24, 2.45) is 0 Å². The highest BCUT2D eigenvalue weighted by molar-refractivity contribution is 5.95. The molecule has 0 fully saturated rings. The fourth-order valence-corrected chi connectivity index (χ4v) is 2.44. The van der Waals surface area contributed by atoms with Gasteiger partial charge < -0.3 is 10.6 Å². The van der Waals surface area contributed by atoms with Crippen molar-refractivity contribution in [1.29, 1.82) is 0 Å². The number of nitrogens with zero attached hydrogens (tertiary/aromatic N) is 1. The van der Waals surface area contributed by atoms with E-state index in [4.69, 9.17) is 0 Å². The molecule has 0 radical (unpaired) electrons. The second kappa shape index (κ2) is 9.36. The first-order chi connectivity index (χ1) is 13.2. The van der Waals surface area contributed by atoms with E-state index in [9.17, 15) is 22.8 Å². The fraction of sp³-hybridized carbons (Fsp3) is 0.300. The number of hydrogen-bond acceptors (Lipinski definition) is 3. The van der Waals surface area contributed by atoms with Crippen LogP contribution < -0.4 is 10.6 Å². The molecule has 150 valence electrons. The lowest BCUT2D eigenvalue weighted by molar-refractivity contribution is -0.123. The molecule has 2 amide bonds. The molecule has 0 saturated carbocycles. The maximum atomic E-state index is 12.3. The summed E-state index contributed by atoms with van der Waals surface area (Å²) in [5.74, 6) is -0.940. The lowest BCUT2D eigenvalue weighted by Gasteiger charge is -2.24. The van der Waals surface area contributed by atoms with Gasteiger partial charge in [0.15, 0.2) is 0 Å². The molecule has 28 heavy (non-hydrogen) atoms. The summed E-state index contributed by atoms with van der Waals surface area (Å²) in [4.78, 5) is 25.9. The number of hydrogen-bond donors (Lipinski definition) is 2. The van der Waals surface area contributed by atoms with Crippen LogP contribution in [0.25, 0.3) is 0 Å². The summed E-state index contributed by atoms with van der Waals surface area (Å²) in [5.41, 5.74) is 1.68. The number of amides is 2. The minimum atomic E-state index is -4.45. The summed E-state index contributed by atoms with van der Waals surface area (Å²) in [7, 11) is 1.79. The van der Waals surface area contributed by atoms with Crippen LogP contribution in [0.15, 0.2) is 54.6 Å². The first-order valence-corrected chi connectivity index (χ1v) is 8.66. The zero-order valence-corrected chi connectivity index (χ0v) is 15.6. The Morgan fingerprint density at radius 1 is 1.04 bits per heavy atom. The van der Waals surface area contributed by atoms with Crippen LogP contribution in [0.2, 0.25) is 0 Å². The van der Waals surface area contributed by atoms with Crippen molar-refractivity contribution >= 4 is 17.5 Å². The highest BCUT2D eigenvalue weighted by Crippen LogP contribution is 2.14. The Labute approximate surface area is 161 Å². The van der Waals surface area contributed by atoms with Crippen molar-refractivity contribution in [3.05, 3.63) is 65.7 Å². The van der Waals surface area contributed by atoms with Gasteiger partial charge in [-0.2, -0.15) is 13.2 Å². The Bertz CT molecular complexity index is 793. The second-order valence-electron chi connectivity index (χ2n) is 6.44. The highest BCUT2D eigenvalue weighted by Gasteiger charge is 2.27. The zero-order valence-electron chi connectivity index (χ0n) is 15.6. The van der Waals surface area contributed by atoms with Crippen molar-refractivity contribution in [1.82, 2.24) is 10.2 Å². The van der Waals surface area contributed by atoms with E-state index in [2.05, 4.69) is 5.32 Å². The number of rotatable bonds is 7. The van der Waals surface area contributed by atoms with E-state index in [1.165, 1.54) is 12.1 Å². The topological polar surface area (TPSA) is 61.4 Å². The number of para-hydroxylation sites is 1. The first kappa shape index (κ1) is 21.4. The monoisotopic (exact) mass is 393 g/mol. The Morgan fingerprint density at radius 2 is 1.64 bits per heavy atom. The number of benzene rings is 2. The van der Waals surface area contributed by atoms with Gasteiger partial charge in [-0.05, 0) is 43.8 Å². The molecule has 1 atom stereocenters. The van der Waals surface area contributed by atoms with Gasteiger partial charge in [0.1, 0.15) is 6.54 Å². The number of alkyl halides is 3. The molecule has 0 bridgehead atoms. The molecule has 2 N–H and O–H groups in total. The Hall–Kier alpha value is -2.87. The van der Waals surface area contributed by atoms with Gasteiger partial charge in [0.2, 0.25) is 5.91 Å². The van der Waals surface area contributed by atoms with Gasteiger partial charge in [-0.25, -0.2) is 0 Å². The Kier molecular flexibility index (Phi) is 7.17. The summed E-state index contributed by atoms with van der Waals surface area (Å²) >= 11 is 0. The van der Waals surface area contributed by atoms with Gasteiger partial charge in [0.05, 0.1) is 6.04 Å². The van der Waals surface area contributed by atoms with Gasteiger partial charge in [-0.1, -0.05) is 30.3 Å². The average Bonchev–Trinajstić information content (AvgIpc) is 2.66. The highest BCUT2D eigenvalue weighted by atomic mass is 19.4. The lowest BCUT2D eigenvalue weighted by Crippen LogP contribution is -2.39. The number of carbonyl (C=O) groups is 2. The Balaban J connectivity index is 1.90. The van der Waals surface area contributed by atoms with Crippen LogP contribution in [-0.4, -0.2) is 42.5 Å². The van der Waals surface area contributed by atoms with Crippen LogP contribution in [0.3, 0.4) is 0 Å². The van der Waals surface area contributed by atoms with E-state index >= 15 is 0 Å². The molecule has 0 aliphatic carbocycles. The maximum absolute atomic E-state index is 12.3. The van der Waals surface area contributed by atoms with E-state index in [0.29, 0.717) is 12.2 Å². The molecule has 2 aromatic rings. The second-order valence-corrected chi connectivity index (χ2v) is 6.44. The van der Waals surface area contributed by atoms with Gasteiger partial charge in [0.25, 0.3) is 5.91 Å². The first-order valence-electron chi connectivity index (χ1n) is 8.66. The minimum absolute atomic E-state index is 0.144. The molecule has 2 rings (SSSR count). The van der Waals surface area contributed by atoms with E-state index in [-0.39, 0.29) is 11.5 Å². The molecule has 0 saturated heterocycles. The van der Waals surface area contributed by atoms with Gasteiger partial charge in [-0.3, -0.25) is 14.5 Å². The SMILES string of the molecule is C[C@H](C(=O)Nc1ccccc1)N(C)Cc1ccc(C(=O)NCC(F)(F)F)cc1. The summed E-state index contributed by atoms with van der Waals surface area (Å²) in [6.45, 7) is 0.843. The van der Waals surface area contributed by atoms with E-state index < -0.39 is 24.7 Å². The third-order valence-electron chi connectivity index (χ3n) is 4.18. The van der Waals surface area contributed by atoms with Gasteiger partial charge in [0, 0.05) is 17.8 Å². The number of anilines is 1. The predicted octanol–water partition coefficient (Wildman–Crippen LogP) is 3.44. The standard InChI is InChI=1S/C20H22F3N3O2/c1-14(18(27)25-17-6-4-3-5-7-17)26(2)12-15-8-10-16(11-9-15)19(28)24-13-20(21,22)23/h3-11,14H,12-13H2,1-2H3,(H,24,28)(H,25,27)/t14-/m1/s1. The van der Waals surface area contributed by atoms with Crippen molar-refractivity contribution in [2.75, 3.05) is 18.9 Å². The molecule has 0 unspecified atom stereocenters. The molecule has 2 aromatic carbocycles. The number of nitrogens with one attached hydrogen (secondary N) is 2. The molecule has 5 nitrogen and oxygen atoms in total. The predicted molar refractivity (Wildman–Crippen MR) is 101 cm³/mol. The summed E-state index contributed by atoms with van der Waals surface area (Å²) < 4.78 is 36.5. The maximum Gasteiger partial charge on any atom is 0.405 e. The smallest absolute Gasteiger partial charge is 0.343 e. The minimum Gasteiger partial charge on any atom is -0.343 e. The van der Waals surface area contributed by atoms with Gasteiger partial charge >= 0.3 is 6.18 Å². The van der Waals surface area contributed by atoms with Crippen LogP contribution in [0.4, 0.5) is 18.9 Å². The average molecular weight is 393 g/mol. The van der Waals surface area contributed by atoms with Crippen molar-refractivity contribution in [3.63, 3.8) is 0 Å². The van der Waals surface area contributed by atoms with E-state index in [1.54, 1.807) is 38.2 Å². The van der Waals surface area contributed by atoms with Crippen LogP contribution in [0.5, 0.6) is 0 Å². The van der Waals surface area contributed by atoms with Crippen molar-refractivity contribution in [2.45, 2.75) is 25.7 Å². The third kappa shape index (κ3) is 6.70. The van der Waals surface area contributed by atoms with E-state index in [1.807, 2.05) is 28.4 Å². The molecular formula is C20H22F3N3O2. The molecule has 0 spiro atoms. The quantitative estimate of drug-likeness (QED) is 0.758. The normalized spacial score (nSPS) is 12.5. The largest absolute Gasteiger partial charge is 0.405 e. The molecule has 0 heterocycles. The molecule has 0 aliphatic rings. The van der Waals surface area contributed by atoms with Crippen LogP contribution in [-0.2, 0) is 11.3 Å². The van der Waals surface area contributed by atoms with Crippen molar-refractivity contribution < 1.29 is 22.8 Å². The fourth-order valence-electron chi connectivity index (χ4n) is 2.44. The molecule has 0 aromatic heterocycles. The molecular weight excluding hydrogens is 371 g/mol. The van der Waals surface area contributed by atoms with Crippen LogP contribution in [0.1, 0.15) is 22.8 Å². The van der Waals surface area contributed by atoms with Crippen molar-refractivity contribution in [3.8, 4) is 0 Å². The van der Waals surface area contributed by atoms with Gasteiger partial charge in [-0.15, -0.1) is 0 Å². The summed E-state index contributed by atoms with van der Waals surface area (Å²) in [6.07, 6.45) is -4.45. The van der Waals surface area contributed by atoms with Crippen LogP contribution in [0, 0.1) is 0 Å². The summed E-state index contributed by atoms with van der Waals surface area (Å²) in [5, 5.41) is 4.66. The number of halogens is 3. The third-order valence-corrected chi connectivity index (χ3v) is 4.18. The molecule has 8 heteroatoms. The van der Waals surface area contributed by atoms with E-state index in [0.717, 1.165) is 5.56 Å². The number of carbonyl (C=O) groups excluding carboxylic acids is 2. The zero-order chi connectivity index (χ0) is 20.7. The number of likely N-dealkylation sites (N-methyl/N-ethyl adjacent to an activating group) is 1. The molecule has 0 aliphatic heterocycles. The van der Waals surface area contributed by atoms with Crippen LogP contribution >= 0.6 is 0 Å².